The molecule has 0 heterocycles. The highest BCUT2D eigenvalue weighted by Gasteiger charge is 2.35. The predicted octanol–water partition coefficient (Wildman–Crippen LogP) is 8.28. The molecule has 3 heteroatoms. The van der Waals surface area contributed by atoms with Crippen molar-refractivity contribution in [2.45, 2.75) is 149 Å². The van der Waals surface area contributed by atoms with Crippen LogP contribution in [0, 0.1) is 5.41 Å². The number of aliphatic carboxylic acids is 1. The molecule has 0 fully saturated rings. The van der Waals surface area contributed by atoms with Gasteiger partial charge >= 0.3 is 5.97 Å². The number of carboxylic acid groups (broad SMARTS) is 1. The summed E-state index contributed by atoms with van der Waals surface area (Å²) in [6, 6.07) is 0. The molecule has 1 unspecified atom stereocenters. The minimum Gasteiger partial charge on any atom is -0.481 e. The first-order chi connectivity index (χ1) is 14.1. The number of aliphatic hydroxyl groups is 1. The average molecular weight is 413 g/mol. The molecule has 174 valence electrons. The Morgan fingerprint density at radius 1 is 0.586 bits per heavy atom. The quantitative estimate of drug-likeness (QED) is 0.166. The van der Waals surface area contributed by atoms with Crippen LogP contribution in [0.3, 0.4) is 0 Å². The van der Waals surface area contributed by atoms with Crippen molar-refractivity contribution in [3.63, 3.8) is 0 Å². The first-order valence-corrected chi connectivity index (χ1v) is 13.0. The van der Waals surface area contributed by atoms with Crippen molar-refractivity contribution < 1.29 is 15.0 Å². The molecular weight excluding hydrogens is 360 g/mol. The van der Waals surface area contributed by atoms with Crippen LogP contribution in [0.4, 0.5) is 0 Å². The summed E-state index contributed by atoms with van der Waals surface area (Å²) in [5.74, 6) is -0.565. The summed E-state index contributed by atoms with van der Waals surface area (Å²) in [5.41, 5.74) is -0.466. The van der Waals surface area contributed by atoms with E-state index in [1.807, 2.05) is 0 Å². The maximum atomic E-state index is 11.9. The van der Waals surface area contributed by atoms with Crippen molar-refractivity contribution in [1.82, 2.24) is 0 Å². The van der Waals surface area contributed by atoms with Gasteiger partial charge in [0.25, 0.3) is 0 Å². The summed E-state index contributed by atoms with van der Waals surface area (Å²) >= 11 is 0. The zero-order valence-corrected chi connectivity index (χ0v) is 19.9. The Balaban J connectivity index is 3.61. The van der Waals surface area contributed by atoms with Gasteiger partial charge in [-0.25, -0.2) is 0 Å². The maximum Gasteiger partial charge on any atom is 0.309 e. The minimum atomic E-state index is -0.565. The third-order valence-electron chi connectivity index (χ3n) is 6.70. The van der Waals surface area contributed by atoms with Gasteiger partial charge in [-0.15, -0.1) is 0 Å². The molecule has 0 saturated heterocycles. The number of rotatable bonds is 23. The molecule has 0 saturated carbocycles. The number of hydrogen-bond acceptors (Lipinski definition) is 2. The molecule has 3 nitrogen and oxygen atoms in total. The molecule has 0 bridgehead atoms. The van der Waals surface area contributed by atoms with E-state index in [0.717, 1.165) is 38.5 Å². The molecule has 0 aromatic heterocycles. The molecule has 0 spiro atoms. The van der Waals surface area contributed by atoms with Crippen LogP contribution in [0.5, 0.6) is 0 Å². The fourth-order valence-corrected chi connectivity index (χ4v) is 4.43. The molecular formula is C26H52O3. The second-order valence-electron chi connectivity index (χ2n) is 9.17. The first kappa shape index (κ1) is 28.4. The SMILES string of the molecule is CCCCCCC(CC)(CCCCCCCCCCCCCCCCO)C(=O)O. The van der Waals surface area contributed by atoms with Gasteiger partial charge in [0.05, 0.1) is 5.41 Å². The molecule has 0 radical (unpaired) electrons. The predicted molar refractivity (Wildman–Crippen MR) is 125 cm³/mol. The molecule has 29 heavy (non-hydrogen) atoms. The molecule has 0 aliphatic rings. The Morgan fingerprint density at radius 2 is 0.931 bits per heavy atom. The number of carbonyl (C=O) groups is 1. The third-order valence-corrected chi connectivity index (χ3v) is 6.70. The van der Waals surface area contributed by atoms with Gasteiger partial charge in [0.2, 0.25) is 0 Å². The topological polar surface area (TPSA) is 57.5 Å². The number of aliphatic hydroxyl groups excluding tert-OH is 1. The molecule has 0 amide bonds. The molecule has 0 aliphatic heterocycles. The van der Waals surface area contributed by atoms with E-state index in [-0.39, 0.29) is 0 Å². The zero-order chi connectivity index (χ0) is 21.6. The van der Waals surface area contributed by atoms with E-state index in [0.29, 0.717) is 6.61 Å². The maximum absolute atomic E-state index is 11.9. The van der Waals surface area contributed by atoms with Gasteiger partial charge in [0, 0.05) is 6.61 Å². The van der Waals surface area contributed by atoms with E-state index in [2.05, 4.69) is 13.8 Å². The lowest BCUT2D eigenvalue weighted by Crippen LogP contribution is -2.30. The minimum absolute atomic E-state index is 0.345. The largest absolute Gasteiger partial charge is 0.481 e. The van der Waals surface area contributed by atoms with Gasteiger partial charge in [-0.2, -0.15) is 0 Å². The van der Waals surface area contributed by atoms with Crippen molar-refractivity contribution in [3.05, 3.63) is 0 Å². The summed E-state index contributed by atoms with van der Waals surface area (Å²) in [5, 5.41) is 18.5. The van der Waals surface area contributed by atoms with E-state index < -0.39 is 11.4 Å². The lowest BCUT2D eigenvalue weighted by molar-refractivity contribution is -0.150. The van der Waals surface area contributed by atoms with Crippen molar-refractivity contribution in [2.75, 3.05) is 6.61 Å². The molecule has 0 rings (SSSR count). The second-order valence-corrected chi connectivity index (χ2v) is 9.17. The Kier molecular flexibility index (Phi) is 20.3. The molecule has 0 aromatic rings. The lowest BCUT2D eigenvalue weighted by Gasteiger charge is -2.28. The van der Waals surface area contributed by atoms with Gasteiger partial charge in [0.1, 0.15) is 0 Å². The van der Waals surface area contributed by atoms with Crippen LogP contribution >= 0.6 is 0 Å². The zero-order valence-electron chi connectivity index (χ0n) is 19.9. The Labute approximate surface area is 182 Å². The molecule has 0 aliphatic carbocycles. The fourth-order valence-electron chi connectivity index (χ4n) is 4.43. The van der Waals surface area contributed by atoms with Crippen molar-refractivity contribution >= 4 is 5.97 Å². The third kappa shape index (κ3) is 15.9. The summed E-state index contributed by atoms with van der Waals surface area (Å²) in [7, 11) is 0. The molecule has 2 N–H and O–H groups in total. The average Bonchev–Trinajstić information content (AvgIpc) is 2.72. The fraction of sp³-hybridized carbons (Fsp3) is 0.962. The van der Waals surface area contributed by atoms with Gasteiger partial charge in [-0.05, 0) is 25.7 Å². The van der Waals surface area contributed by atoms with Crippen LogP contribution in [0.1, 0.15) is 149 Å². The second kappa shape index (κ2) is 20.7. The van der Waals surface area contributed by atoms with Crippen LogP contribution in [-0.4, -0.2) is 22.8 Å². The number of hydrogen-bond donors (Lipinski definition) is 2. The van der Waals surface area contributed by atoms with E-state index in [1.54, 1.807) is 0 Å². The smallest absolute Gasteiger partial charge is 0.309 e. The highest BCUT2D eigenvalue weighted by molar-refractivity contribution is 5.74. The summed E-state index contributed by atoms with van der Waals surface area (Å²) in [6.07, 6.45) is 24.9. The van der Waals surface area contributed by atoms with E-state index >= 15 is 0 Å². The summed E-state index contributed by atoms with van der Waals surface area (Å²) in [4.78, 5) is 11.9. The highest BCUT2D eigenvalue weighted by atomic mass is 16.4. The Hall–Kier alpha value is -0.570. The van der Waals surface area contributed by atoms with Gasteiger partial charge < -0.3 is 10.2 Å². The monoisotopic (exact) mass is 412 g/mol. The van der Waals surface area contributed by atoms with Gasteiger partial charge in [-0.1, -0.05) is 123 Å². The van der Waals surface area contributed by atoms with Crippen LogP contribution < -0.4 is 0 Å². The van der Waals surface area contributed by atoms with E-state index in [1.165, 1.54) is 96.3 Å². The van der Waals surface area contributed by atoms with Gasteiger partial charge in [-0.3, -0.25) is 4.79 Å². The van der Waals surface area contributed by atoms with Crippen LogP contribution in [-0.2, 0) is 4.79 Å². The first-order valence-electron chi connectivity index (χ1n) is 13.0. The Morgan fingerprint density at radius 3 is 1.24 bits per heavy atom. The van der Waals surface area contributed by atoms with Crippen molar-refractivity contribution in [1.29, 1.82) is 0 Å². The lowest BCUT2D eigenvalue weighted by atomic mass is 9.76. The van der Waals surface area contributed by atoms with E-state index in [9.17, 15) is 9.90 Å². The van der Waals surface area contributed by atoms with Gasteiger partial charge in [0.15, 0.2) is 0 Å². The summed E-state index contributed by atoms with van der Waals surface area (Å²) < 4.78 is 0. The number of unbranched alkanes of at least 4 members (excludes halogenated alkanes) is 16. The van der Waals surface area contributed by atoms with E-state index in [4.69, 9.17) is 5.11 Å². The van der Waals surface area contributed by atoms with Crippen LogP contribution in [0.2, 0.25) is 0 Å². The summed E-state index contributed by atoms with van der Waals surface area (Å²) in [6.45, 7) is 4.61. The number of carboxylic acids is 1. The standard InChI is InChI=1S/C26H52O3/c1-3-5-6-19-22-26(4-2,25(28)29)23-20-17-15-13-11-9-7-8-10-12-14-16-18-21-24-27/h27H,3-24H2,1-2H3,(H,28,29). The van der Waals surface area contributed by atoms with Crippen LogP contribution in [0.15, 0.2) is 0 Å². The molecule has 0 aromatic carbocycles. The highest BCUT2D eigenvalue weighted by Crippen LogP contribution is 2.35. The Bertz CT molecular complexity index is 356. The van der Waals surface area contributed by atoms with Crippen molar-refractivity contribution in [3.8, 4) is 0 Å². The normalized spacial score (nSPS) is 13.5. The van der Waals surface area contributed by atoms with Crippen LogP contribution in [0.25, 0.3) is 0 Å². The van der Waals surface area contributed by atoms with Crippen molar-refractivity contribution in [2.24, 2.45) is 5.41 Å². The molecule has 1 atom stereocenters.